The second-order valence-corrected chi connectivity index (χ2v) is 4.38. The average molecular weight is 221 g/mol. The molecule has 1 aliphatic rings. The first kappa shape index (κ1) is 11.4. The Bertz CT molecular complexity index is 334. The molecule has 1 N–H and O–H groups in total. The van der Waals surface area contributed by atoms with Gasteiger partial charge in [-0.25, -0.2) is 0 Å². The van der Waals surface area contributed by atoms with Crippen molar-refractivity contribution in [2.75, 3.05) is 24.7 Å². The third-order valence-electron chi connectivity index (χ3n) is 3.07. The molecule has 88 valence electrons. The van der Waals surface area contributed by atoms with Crippen molar-refractivity contribution in [2.24, 2.45) is 0 Å². The fourth-order valence-electron chi connectivity index (χ4n) is 2.06. The molecule has 0 bridgehead atoms. The second kappa shape index (κ2) is 4.85. The zero-order chi connectivity index (χ0) is 11.5. The van der Waals surface area contributed by atoms with Crippen LogP contribution in [0.3, 0.4) is 0 Å². The van der Waals surface area contributed by atoms with Crippen molar-refractivity contribution < 1.29 is 9.84 Å². The van der Waals surface area contributed by atoms with Gasteiger partial charge in [-0.15, -0.1) is 0 Å². The summed E-state index contributed by atoms with van der Waals surface area (Å²) < 4.78 is 5.41. The van der Waals surface area contributed by atoms with Gasteiger partial charge < -0.3 is 14.7 Å². The van der Waals surface area contributed by atoms with E-state index in [4.69, 9.17) is 4.74 Å². The highest BCUT2D eigenvalue weighted by Gasteiger charge is 2.18. The zero-order valence-corrected chi connectivity index (χ0v) is 9.89. The SMILES string of the molecule is CC1COCCN1c1ccc([C@H](C)O)cc1. The molecule has 0 radical (unpaired) electrons. The van der Waals surface area contributed by atoms with Gasteiger partial charge in [0.15, 0.2) is 0 Å². The van der Waals surface area contributed by atoms with Gasteiger partial charge in [0, 0.05) is 18.3 Å². The van der Waals surface area contributed by atoms with Gasteiger partial charge in [-0.05, 0) is 31.5 Å². The van der Waals surface area contributed by atoms with Crippen LogP contribution in [0.5, 0.6) is 0 Å². The number of morpholine rings is 1. The van der Waals surface area contributed by atoms with E-state index in [9.17, 15) is 5.11 Å². The number of anilines is 1. The third-order valence-corrected chi connectivity index (χ3v) is 3.07. The number of hydrogen-bond acceptors (Lipinski definition) is 3. The Morgan fingerprint density at radius 2 is 2.06 bits per heavy atom. The van der Waals surface area contributed by atoms with Crippen LogP contribution in [-0.2, 0) is 4.74 Å². The van der Waals surface area contributed by atoms with E-state index in [0.717, 1.165) is 25.3 Å². The van der Waals surface area contributed by atoms with Crippen molar-refractivity contribution in [3.05, 3.63) is 29.8 Å². The Morgan fingerprint density at radius 1 is 1.38 bits per heavy atom. The van der Waals surface area contributed by atoms with Crippen molar-refractivity contribution in [3.63, 3.8) is 0 Å². The van der Waals surface area contributed by atoms with E-state index in [1.165, 1.54) is 5.69 Å². The Labute approximate surface area is 96.6 Å². The molecule has 1 saturated heterocycles. The maximum absolute atomic E-state index is 9.44. The van der Waals surface area contributed by atoms with E-state index in [-0.39, 0.29) is 0 Å². The summed E-state index contributed by atoms with van der Waals surface area (Å²) in [4.78, 5) is 2.34. The van der Waals surface area contributed by atoms with Gasteiger partial charge in [0.2, 0.25) is 0 Å². The predicted octanol–water partition coefficient (Wildman–Crippen LogP) is 1.96. The third kappa shape index (κ3) is 2.36. The van der Waals surface area contributed by atoms with Crippen LogP contribution in [0.2, 0.25) is 0 Å². The normalized spacial score (nSPS) is 23.2. The van der Waals surface area contributed by atoms with Crippen LogP contribution >= 0.6 is 0 Å². The lowest BCUT2D eigenvalue weighted by atomic mass is 10.1. The molecule has 0 aliphatic carbocycles. The Hall–Kier alpha value is -1.06. The largest absolute Gasteiger partial charge is 0.389 e. The Balaban J connectivity index is 2.14. The van der Waals surface area contributed by atoms with Gasteiger partial charge in [0.1, 0.15) is 0 Å². The molecule has 3 heteroatoms. The molecule has 0 saturated carbocycles. The summed E-state index contributed by atoms with van der Waals surface area (Å²) >= 11 is 0. The molecule has 3 nitrogen and oxygen atoms in total. The summed E-state index contributed by atoms with van der Waals surface area (Å²) in [5.74, 6) is 0. The smallest absolute Gasteiger partial charge is 0.0761 e. The summed E-state index contributed by atoms with van der Waals surface area (Å²) in [7, 11) is 0. The Kier molecular flexibility index (Phi) is 3.46. The van der Waals surface area contributed by atoms with Gasteiger partial charge in [-0.3, -0.25) is 0 Å². The van der Waals surface area contributed by atoms with Crippen LogP contribution in [0, 0.1) is 0 Å². The number of aliphatic hydroxyl groups excluding tert-OH is 1. The summed E-state index contributed by atoms with van der Waals surface area (Å²) in [5, 5.41) is 9.44. The lowest BCUT2D eigenvalue weighted by molar-refractivity contribution is 0.0989. The van der Waals surface area contributed by atoms with Crippen LogP contribution in [0.15, 0.2) is 24.3 Å². The molecule has 1 aliphatic heterocycles. The van der Waals surface area contributed by atoms with Gasteiger partial charge >= 0.3 is 0 Å². The number of benzene rings is 1. The molecule has 0 aromatic heterocycles. The van der Waals surface area contributed by atoms with E-state index in [1.807, 2.05) is 12.1 Å². The topological polar surface area (TPSA) is 32.7 Å². The second-order valence-electron chi connectivity index (χ2n) is 4.38. The average Bonchev–Trinajstić information content (AvgIpc) is 2.30. The molecule has 2 rings (SSSR count). The maximum Gasteiger partial charge on any atom is 0.0761 e. The van der Waals surface area contributed by atoms with Gasteiger partial charge in [-0.1, -0.05) is 12.1 Å². The molecular weight excluding hydrogens is 202 g/mol. The lowest BCUT2D eigenvalue weighted by Crippen LogP contribution is -2.43. The minimum absolute atomic E-state index is 0.392. The highest BCUT2D eigenvalue weighted by molar-refractivity contribution is 5.49. The number of hydrogen-bond donors (Lipinski definition) is 1. The fourth-order valence-corrected chi connectivity index (χ4v) is 2.06. The van der Waals surface area contributed by atoms with Gasteiger partial charge in [0.05, 0.1) is 19.3 Å². The fraction of sp³-hybridized carbons (Fsp3) is 0.538. The van der Waals surface area contributed by atoms with Gasteiger partial charge in [-0.2, -0.15) is 0 Å². The van der Waals surface area contributed by atoms with E-state index < -0.39 is 6.10 Å². The maximum atomic E-state index is 9.44. The summed E-state index contributed by atoms with van der Waals surface area (Å²) in [6.45, 7) is 6.48. The monoisotopic (exact) mass is 221 g/mol. The molecule has 1 fully saturated rings. The summed E-state index contributed by atoms with van der Waals surface area (Å²) in [5.41, 5.74) is 2.17. The number of aliphatic hydroxyl groups is 1. The van der Waals surface area contributed by atoms with Crippen LogP contribution in [0.25, 0.3) is 0 Å². The van der Waals surface area contributed by atoms with Gasteiger partial charge in [0.25, 0.3) is 0 Å². The number of rotatable bonds is 2. The molecule has 1 unspecified atom stereocenters. The minimum Gasteiger partial charge on any atom is -0.389 e. The molecule has 0 spiro atoms. The first-order valence-corrected chi connectivity index (χ1v) is 5.81. The van der Waals surface area contributed by atoms with E-state index in [0.29, 0.717) is 6.04 Å². The lowest BCUT2D eigenvalue weighted by Gasteiger charge is -2.35. The minimum atomic E-state index is -0.392. The van der Waals surface area contributed by atoms with Crippen LogP contribution < -0.4 is 4.90 Å². The molecular formula is C13H19NO2. The number of ether oxygens (including phenoxy) is 1. The first-order chi connectivity index (χ1) is 7.68. The number of nitrogens with zero attached hydrogens (tertiary/aromatic N) is 1. The highest BCUT2D eigenvalue weighted by Crippen LogP contribution is 2.22. The molecule has 1 aromatic rings. The van der Waals surface area contributed by atoms with Crippen LogP contribution in [0.1, 0.15) is 25.5 Å². The van der Waals surface area contributed by atoms with Crippen molar-refractivity contribution in [1.82, 2.24) is 0 Å². The van der Waals surface area contributed by atoms with E-state index in [1.54, 1.807) is 6.92 Å². The predicted molar refractivity (Wildman–Crippen MR) is 64.7 cm³/mol. The highest BCUT2D eigenvalue weighted by atomic mass is 16.5. The van der Waals surface area contributed by atoms with Crippen molar-refractivity contribution >= 4 is 5.69 Å². The first-order valence-electron chi connectivity index (χ1n) is 5.81. The quantitative estimate of drug-likeness (QED) is 0.828. The molecule has 2 atom stereocenters. The molecule has 1 heterocycles. The van der Waals surface area contributed by atoms with Crippen molar-refractivity contribution in [1.29, 1.82) is 0 Å². The van der Waals surface area contributed by atoms with Crippen molar-refractivity contribution in [2.45, 2.75) is 26.0 Å². The van der Waals surface area contributed by atoms with E-state index in [2.05, 4.69) is 24.0 Å². The summed E-state index contributed by atoms with van der Waals surface area (Å²) in [6, 6.07) is 8.55. The molecule has 1 aromatic carbocycles. The Morgan fingerprint density at radius 3 is 2.62 bits per heavy atom. The standard InChI is InChI=1S/C13H19NO2/c1-10-9-16-8-7-14(10)13-5-3-12(4-6-13)11(2)15/h3-6,10-11,15H,7-9H2,1-2H3/t10?,11-/m0/s1. The molecule has 16 heavy (non-hydrogen) atoms. The molecule has 0 amide bonds. The van der Waals surface area contributed by atoms with Crippen LogP contribution in [0.4, 0.5) is 5.69 Å². The summed E-state index contributed by atoms with van der Waals surface area (Å²) in [6.07, 6.45) is -0.392. The van der Waals surface area contributed by atoms with Crippen molar-refractivity contribution in [3.8, 4) is 0 Å². The van der Waals surface area contributed by atoms with E-state index >= 15 is 0 Å². The van der Waals surface area contributed by atoms with Crippen LogP contribution in [-0.4, -0.2) is 30.9 Å². The zero-order valence-electron chi connectivity index (χ0n) is 9.89.